The number of thioether (sulfide) groups is 1. The molecule has 0 aliphatic heterocycles. The number of carbonyl (C=O) groups excluding carboxylic acids is 1. The first-order valence-corrected chi connectivity index (χ1v) is 11.2. The van der Waals surface area contributed by atoms with Crippen molar-refractivity contribution in [3.05, 3.63) is 16.3 Å². The molecule has 3 rings (SSSR count). The lowest BCUT2D eigenvalue weighted by Crippen LogP contribution is -2.41. The second-order valence-corrected chi connectivity index (χ2v) is 10.7. The number of nitrogens with zero attached hydrogens (tertiary/aromatic N) is 2. The number of carbonyl (C=O) groups is 1. The second kappa shape index (κ2) is 7.47. The van der Waals surface area contributed by atoms with E-state index in [1.165, 1.54) is 22.2 Å². The van der Waals surface area contributed by atoms with Crippen LogP contribution in [0.15, 0.2) is 5.03 Å². The van der Waals surface area contributed by atoms with Crippen LogP contribution in [0.2, 0.25) is 0 Å². The van der Waals surface area contributed by atoms with Crippen LogP contribution in [0, 0.1) is 5.92 Å². The van der Waals surface area contributed by atoms with E-state index in [0.717, 1.165) is 34.4 Å². The van der Waals surface area contributed by atoms with Gasteiger partial charge in [-0.1, -0.05) is 32.5 Å². The van der Waals surface area contributed by atoms with Crippen LogP contribution in [-0.2, 0) is 17.6 Å². The summed E-state index contributed by atoms with van der Waals surface area (Å²) in [6, 6.07) is 0. The van der Waals surface area contributed by atoms with E-state index >= 15 is 0 Å². The highest BCUT2D eigenvalue weighted by atomic mass is 32.2. The fourth-order valence-electron chi connectivity index (χ4n) is 3.28. The Labute approximate surface area is 164 Å². The van der Waals surface area contributed by atoms with E-state index in [0.29, 0.717) is 5.75 Å². The number of nitrogens with one attached hydrogen (secondary N) is 1. The standard InChI is InChI=1S/C20H29N3OS2/c1-11(2)17-21-18(25-10-15(24)23-20(4,5)6)16-13-8-7-12(3)9-14(13)26-19(16)22-17/h11-12H,7-10H2,1-6H3,(H,23,24). The normalized spacial score (nSPS) is 17.6. The fraction of sp³-hybridized carbons (Fsp3) is 0.650. The summed E-state index contributed by atoms with van der Waals surface area (Å²) in [7, 11) is 0. The molecule has 1 aliphatic rings. The molecule has 0 aromatic carbocycles. The highest BCUT2D eigenvalue weighted by molar-refractivity contribution is 8.00. The van der Waals surface area contributed by atoms with E-state index in [2.05, 4.69) is 26.1 Å². The fourth-order valence-corrected chi connectivity index (χ4v) is 5.59. The van der Waals surface area contributed by atoms with Crippen molar-refractivity contribution in [1.29, 1.82) is 0 Å². The number of hydrogen-bond acceptors (Lipinski definition) is 5. The van der Waals surface area contributed by atoms with Crippen LogP contribution in [0.5, 0.6) is 0 Å². The van der Waals surface area contributed by atoms with Gasteiger partial charge in [0.1, 0.15) is 15.7 Å². The summed E-state index contributed by atoms with van der Waals surface area (Å²) >= 11 is 3.38. The van der Waals surface area contributed by atoms with E-state index in [-0.39, 0.29) is 17.4 Å². The molecule has 0 saturated carbocycles. The minimum Gasteiger partial charge on any atom is -0.351 e. The number of thiophene rings is 1. The number of fused-ring (bicyclic) bond motifs is 3. The Bertz CT molecular complexity index is 821. The van der Waals surface area contributed by atoms with Gasteiger partial charge in [-0.15, -0.1) is 11.3 Å². The van der Waals surface area contributed by atoms with Crippen molar-refractivity contribution in [2.45, 2.75) is 77.3 Å². The zero-order valence-corrected chi connectivity index (χ0v) is 18.2. The molecule has 26 heavy (non-hydrogen) atoms. The first-order valence-electron chi connectivity index (χ1n) is 9.40. The number of aromatic nitrogens is 2. The van der Waals surface area contributed by atoms with Crippen molar-refractivity contribution in [3.63, 3.8) is 0 Å². The molecule has 0 radical (unpaired) electrons. The molecule has 6 heteroatoms. The molecule has 0 spiro atoms. The molecule has 1 amide bonds. The number of amides is 1. The largest absolute Gasteiger partial charge is 0.351 e. The average molecular weight is 392 g/mol. The van der Waals surface area contributed by atoms with Gasteiger partial charge in [-0.05, 0) is 51.5 Å². The van der Waals surface area contributed by atoms with E-state index in [1.807, 2.05) is 32.1 Å². The third-order valence-corrected chi connectivity index (χ3v) is 6.63. The Morgan fingerprint density at radius 3 is 2.73 bits per heavy atom. The maximum absolute atomic E-state index is 12.3. The third-order valence-electron chi connectivity index (χ3n) is 4.51. The molecule has 1 N–H and O–H groups in total. The van der Waals surface area contributed by atoms with Gasteiger partial charge in [0.25, 0.3) is 0 Å². The Morgan fingerprint density at radius 1 is 1.35 bits per heavy atom. The minimum absolute atomic E-state index is 0.0538. The van der Waals surface area contributed by atoms with Crippen molar-refractivity contribution in [2.24, 2.45) is 5.92 Å². The molecule has 1 aliphatic carbocycles. The number of rotatable bonds is 4. The van der Waals surface area contributed by atoms with Crippen molar-refractivity contribution in [2.75, 3.05) is 5.75 Å². The molecule has 0 bridgehead atoms. The van der Waals surface area contributed by atoms with Crippen molar-refractivity contribution in [3.8, 4) is 0 Å². The van der Waals surface area contributed by atoms with Crippen LogP contribution >= 0.6 is 23.1 Å². The lowest BCUT2D eigenvalue weighted by Gasteiger charge is -2.20. The van der Waals surface area contributed by atoms with Crippen LogP contribution in [0.1, 0.15) is 70.1 Å². The Balaban J connectivity index is 1.95. The summed E-state index contributed by atoms with van der Waals surface area (Å²) in [6.45, 7) is 12.6. The third kappa shape index (κ3) is 4.39. The first-order chi connectivity index (χ1) is 12.1. The van der Waals surface area contributed by atoms with Crippen LogP contribution in [0.3, 0.4) is 0 Å². The summed E-state index contributed by atoms with van der Waals surface area (Å²) in [5.41, 5.74) is 1.22. The molecule has 2 aromatic rings. The molecule has 0 fully saturated rings. The average Bonchev–Trinajstić information content (AvgIpc) is 2.87. The summed E-state index contributed by atoms with van der Waals surface area (Å²) in [5, 5.41) is 5.22. The second-order valence-electron chi connectivity index (χ2n) is 8.66. The highest BCUT2D eigenvalue weighted by Gasteiger charge is 2.25. The van der Waals surface area contributed by atoms with Gasteiger partial charge in [-0.25, -0.2) is 9.97 Å². The van der Waals surface area contributed by atoms with Crippen molar-refractivity contribution < 1.29 is 4.79 Å². The highest BCUT2D eigenvalue weighted by Crippen LogP contribution is 2.41. The summed E-state index contributed by atoms with van der Waals surface area (Å²) < 4.78 is 0. The van der Waals surface area contributed by atoms with Crippen molar-refractivity contribution >= 4 is 39.2 Å². The van der Waals surface area contributed by atoms with Crippen LogP contribution in [0.4, 0.5) is 0 Å². The molecule has 1 atom stereocenters. The SMILES string of the molecule is CC1CCc2c(sc3nc(C(C)C)nc(SCC(=O)NC(C)(C)C)c23)C1. The topological polar surface area (TPSA) is 54.9 Å². The van der Waals surface area contributed by atoms with Gasteiger partial charge in [0.05, 0.1) is 5.75 Å². The van der Waals surface area contributed by atoms with Gasteiger partial charge in [-0.2, -0.15) is 0 Å². The predicted molar refractivity (Wildman–Crippen MR) is 111 cm³/mol. The number of aryl methyl sites for hydroxylation is 1. The molecular formula is C20H29N3OS2. The van der Waals surface area contributed by atoms with Gasteiger partial charge < -0.3 is 5.32 Å². The Kier molecular flexibility index (Phi) is 5.63. The molecular weight excluding hydrogens is 362 g/mol. The van der Waals surface area contributed by atoms with Crippen LogP contribution < -0.4 is 5.32 Å². The lowest BCUT2D eigenvalue weighted by molar-refractivity contribution is -0.119. The molecule has 4 nitrogen and oxygen atoms in total. The van der Waals surface area contributed by atoms with Gasteiger partial charge in [0, 0.05) is 21.7 Å². The maximum Gasteiger partial charge on any atom is 0.230 e. The molecule has 142 valence electrons. The molecule has 0 saturated heterocycles. The summed E-state index contributed by atoms with van der Waals surface area (Å²) in [6.07, 6.45) is 3.46. The zero-order chi connectivity index (χ0) is 19.1. The summed E-state index contributed by atoms with van der Waals surface area (Å²) in [5.74, 6) is 2.34. The van der Waals surface area contributed by atoms with Crippen molar-refractivity contribution in [1.82, 2.24) is 15.3 Å². The number of hydrogen-bond donors (Lipinski definition) is 1. The van der Waals surface area contributed by atoms with E-state index in [1.54, 1.807) is 11.8 Å². The quantitative estimate of drug-likeness (QED) is 0.592. The van der Waals surface area contributed by atoms with E-state index in [4.69, 9.17) is 9.97 Å². The first kappa shape index (κ1) is 19.6. The van der Waals surface area contributed by atoms with Gasteiger partial charge >= 0.3 is 0 Å². The van der Waals surface area contributed by atoms with Crippen LogP contribution in [-0.4, -0.2) is 27.2 Å². The van der Waals surface area contributed by atoms with Crippen LogP contribution in [0.25, 0.3) is 10.2 Å². The van der Waals surface area contributed by atoms with E-state index in [9.17, 15) is 4.79 Å². The van der Waals surface area contributed by atoms with E-state index < -0.39 is 0 Å². The van der Waals surface area contributed by atoms with Gasteiger partial charge in [0.2, 0.25) is 5.91 Å². The smallest absolute Gasteiger partial charge is 0.230 e. The Morgan fingerprint density at radius 2 is 2.08 bits per heavy atom. The zero-order valence-electron chi connectivity index (χ0n) is 16.6. The van der Waals surface area contributed by atoms with Gasteiger partial charge in [-0.3, -0.25) is 4.79 Å². The predicted octanol–water partition coefficient (Wildman–Crippen LogP) is 4.95. The summed E-state index contributed by atoms with van der Waals surface area (Å²) in [4.78, 5) is 24.5. The minimum atomic E-state index is -0.209. The maximum atomic E-state index is 12.3. The molecule has 2 aromatic heterocycles. The monoisotopic (exact) mass is 391 g/mol. The molecule has 2 heterocycles. The molecule has 1 unspecified atom stereocenters. The Hall–Kier alpha value is -1.14. The van der Waals surface area contributed by atoms with Gasteiger partial charge in [0.15, 0.2) is 0 Å². The lowest BCUT2D eigenvalue weighted by atomic mass is 9.89.